The number of nitrogens with one attached hydrogen (secondary N) is 1. The number of anilines is 1. The molecule has 5 heterocycles. The second-order valence-electron chi connectivity index (χ2n) is 9.25. The fourth-order valence-corrected chi connectivity index (χ4v) is 4.76. The van der Waals surface area contributed by atoms with Crippen molar-refractivity contribution in [1.29, 1.82) is 0 Å². The number of fused-ring (bicyclic) bond motifs is 1. The molecule has 9 heteroatoms. The van der Waals surface area contributed by atoms with Crippen LogP contribution in [0.3, 0.4) is 0 Å². The molecule has 2 aliphatic heterocycles. The summed E-state index contributed by atoms with van der Waals surface area (Å²) in [5, 5.41) is 2.75. The van der Waals surface area contributed by atoms with E-state index in [4.69, 9.17) is 4.74 Å². The van der Waals surface area contributed by atoms with Crippen LogP contribution in [0.15, 0.2) is 49.1 Å². The van der Waals surface area contributed by atoms with Gasteiger partial charge in [-0.05, 0) is 56.5 Å². The average molecular weight is 473 g/mol. The van der Waals surface area contributed by atoms with Gasteiger partial charge in [-0.1, -0.05) is 6.07 Å². The van der Waals surface area contributed by atoms with Crippen molar-refractivity contribution in [2.24, 2.45) is 0 Å². The van der Waals surface area contributed by atoms with Crippen molar-refractivity contribution >= 4 is 11.7 Å². The van der Waals surface area contributed by atoms with E-state index in [2.05, 4.69) is 31.8 Å². The van der Waals surface area contributed by atoms with Crippen molar-refractivity contribution in [1.82, 2.24) is 24.1 Å². The molecule has 1 fully saturated rings. The third kappa shape index (κ3) is 3.81. The largest absolute Gasteiger partial charge is 0.380 e. The molecule has 0 aliphatic carbocycles. The number of ether oxygens (including phenoxy) is 1. The van der Waals surface area contributed by atoms with Crippen LogP contribution < -0.4 is 5.32 Å². The summed E-state index contributed by atoms with van der Waals surface area (Å²) < 4.78 is 24.1. The Bertz CT molecular complexity index is 1440. The van der Waals surface area contributed by atoms with E-state index in [0.717, 1.165) is 24.4 Å². The maximum absolute atomic E-state index is 14.9. The maximum Gasteiger partial charge on any atom is 0.259 e. The number of imidazole rings is 2. The Hall–Kier alpha value is -3.85. The van der Waals surface area contributed by atoms with E-state index in [1.54, 1.807) is 25.4 Å². The number of aromatic nitrogens is 5. The smallest absolute Gasteiger partial charge is 0.259 e. The highest BCUT2D eigenvalue weighted by molar-refractivity contribution is 6.04. The molecule has 0 radical (unpaired) electrons. The first-order valence-corrected chi connectivity index (χ1v) is 11.7. The predicted molar refractivity (Wildman–Crippen MR) is 128 cm³/mol. The minimum atomic E-state index is -0.590. The van der Waals surface area contributed by atoms with Gasteiger partial charge in [0.2, 0.25) is 0 Å². The minimum absolute atomic E-state index is 0.0599. The SMILES string of the molecule is Cc1cc(F)c(C(=O)Nc2cccc(-c3ncc4n3[C@H](C)CC4)n2)cc1-n1cnc(C2COC2)c1. The van der Waals surface area contributed by atoms with Crippen LogP contribution in [0, 0.1) is 12.7 Å². The van der Waals surface area contributed by atoms with E-state index in [-0.39, 0.29) is 11.5 Å². The summed E-state index contributed by atoms with van der Waals surface area (Å²) in [6, 6.07) is 8.64. The van der Waals surface area contributed by atoms with E-state index in [9.17, 15) is 9.18 Å². The molecule has 4 aromatic rings. The Kier molecular flexibility index (Phi) is 5.21. The van der Waals surface area contributed by atoms with Gasteiger partial charge in [-0.15, -0.1) is 0 Å². The van der Waals surface area contributed by atoms with Crippen molar-refractivity contribution in [3.63, 3.8) is 0 Å². The zero-order chi connectivity index (χ0) is 24.1. The maximum atomic E-state index is 14.9. The molecule has 8 nitrogen and oxygen atoms in total. The molecule has 1 amide bonds. The number of nitrogens with zero attached hydrogens (tertiary/aromatic N) is 5. The number of halogens is 1. The first kappa shape index (κ1) is 21.7. The number of amides is 1. The van der Waals surface area contributed by atoms with Gasteiger partial charge in [-0.2, -0.15) is 0 Å². The van der Waals surface area contributed by atoms with Crippen LogP contribution in [-0.4, -0.2) is 43.2 Å². The van der Waals surface area contributed by atoms with E-state index >= 15 is 0 Å². The lowest BCUT2D eigenvalue weighted by Crippen LogP contribution is -2.25. The van der Waals surface area contributed by atoms with Gasteiger partial charge < -0.3 is 19.2 Å². The minimum Gasteiger partial charge on any atom is -0.380 e. The molecule has 3 aromatic heterocycles. The summed E-state index contributed by atoms with van der Waals surface area (Å²) in [5.74, 6) is 0.234. The van der Waals surface area contributed by atoms with Crippen LogP contribution in [0.2, 0.25) is 0 Å². The number of rotatable bonds is 5. The molecule has 0 bridgehead atoms. The number of benzene rings is 1. The second kappa shape index (κ2) is 8.42. The van der Waals surface area contributed by atoms with E-state index in [0.29, 0.717) is 42.0 Å². The zero-order valence-corrected chi connectivity index (χ0v) is 19.5. The Labute approximate surface area is 201 Å². The Balaban J connectivity index is 1.27. The summed E-state index contributed by atoms with van der Waals surface area (Å²) in [7, 11) is 0. The summed E-state index contributed by atoms with van der Waals surface area (Å²) in [5.41, 5.74) is 4.11. The van der Waals surface area contributed by atoms with E-state index < -0.39 is 11.7 Å². The number of hydrogen-bond donors (Lipinski definition) is 1. The molecule has 1 aromatic carbocycles. The molecule has 178 valence electrons. The van der Waals surface area contributed by atoms with Crippen molar-refractivity contribution in [3.8, 4) is 17.2 Å². The Morgan fingerprint density at radius 1 is 1.23 bits per heavy atom. The van der Waals surface area contributed by atoms with Gasteiger partial charge in [-0.25, -0.2) is 19.3 Å². The predicted octanol–water partition coefficient (Wildman–Crippen LogP) is 4.45. The van der Waals surface area contributed by atoms with Crippen LogP contribution in [0.1, 0.15) is 52.6 Å². The van der Waals surface area contributed by atoms with Crippen LogP contribution in [0.4, 0.5) is 10.2 Å². The highest BCUT2D eigenvalue weighted by atomic mass is 19.1. The van der Waals surface area contributed by atoms with Gasteiger partial charge in [0.15, 0.2) is 5.82 Å². The second-order valence-corrected chi connectivity index (χ2v) is 9.25. The van der Waals surface area contributed by atoms with Gasteiger partial charge in [0.05, 0.1) is 36.5 Å². The van der Waals surface area contributed by atoms with Crippen LogP contribution in [-0.2, 0) is 11.2 Å². The highest BCUT2D eigenvalue weighted by Crippen LogP contribution is 2.32. The van der Waals surface area contributed by atoms with Gasteiger partial charge in [-0.3, -0.25) is 4.79 Å². The van der Waals surface area contributed by atoms with Crippen molar-refractivity contribution in [2.75, 3.05) is 18.5 Å². The van der Waals surface area contributed by atoms with E-state index in [1.165, 1.54) is 11.8 Å². The van der Waals surface area contributed by atoms with Gasteiger partial charge >= 0.3 is 0 Å². The van der Waals surface area contributed by atoms with Gasteiger partial charge in [0, 0.05) is 30.0 Å². The average Bonchev–Trinajstić information content (AvgIpc) is 3.51. The molecule has 2 aliphatic rings. The summed E-state index contributed by atoms with van der Waals surface area (Å²) in [4.78, 5) is 26.7. The normalized spacial score (nSPS) is 17.3. The molecule has 1 saturated heterocycles. The quantitative estimate of drug-likeness (QED) is 0.464. The third-order valence-electron chi connectivity index (χ3n) is 6.82. The number of carbonyl (C=O) groups is 1. The lowest BCUT2D eigenvalue weighted by Gasteiger charge is -2.23. The van der Waals surface area contributed by atoms with Crippen LogP contribution in [0.5, 0.6) is 0 Å². The lowest BCUT2D eigenvalue weighted by atomic mass is 10.1. The number of pyridine rings is 1. The molecule has 1 N–H and O–H groups in total. The number of hydrogen-bond acceptors (Lipinski definition) is 5. The van der Waals surface area contributed by atoms with Crippen molar-refractivity contribution in [3.05, 3.63) is 77.4 Å². The molecule has 0 saturated carbocycles. The number of aryl methyl sites for hydroxylation is 2. The topological polar surface area (TPSA) is 86.9 Å². The Morgan fingerprint density at radius 2 is 2.09 bits per heavy atom. The molecule has 0 spiro atoms. The molecule has 6 rings (SSSR count). The van der Waals surface area contributed by atoms with Crippen LogP contribution in [0.25, 0.3) is 17.2 Å². The number of carbonyl (C=O) groups excluding carboxylic acids is 1. The molecule has 0 unspecified atom stereocenters. The van der Waals surface area contributed by atoms with Gasteiger partial charge in [0.25, 0.3) is 5.91 Å². The monoisotopic (exact) mass is 472 g/mol. The van der Waals surface area contributed by atoms with E-state index in [1.807, 2.05) is 29.1 Å². The lowest BCUT2D eigenvalue weighted by molar-refractivity contribution is 0.00685. The first-order chi connectivity index (χ1) is 17.0. The fourth-order valence-electron chi connectivity index (χ4n) is 4.76. The van der Waals surface area contributed by atoms with Crippen molar-refractivity contribution in [2.45, 2.75) is 38.6 Å². The van der Waals surface area contributed by atoms with Crippen molar-refractivity contribution < 1.29 is 13.9 Å². The molecule has 1 atom stereocenters. The third-order valence-corrected chi connectivity index (χ3v) is 6.82. The fraction of sp³-hybridized carbons (Fsp3) is 0.308. The van der Waals surface area contributed by atoms with Gasteiger partial charge in [0.1, 0.15) is 17.3 Å². The molecule has 35 heavy (non-hydrogen) atoms. The molecular weight excluding hydrogens is 447 g/mol. The highest BCUT2D eigenvalue weighted by Gasteiger charge is 2.25. The summed E-state index contributed by atoms with van der Waals surface area (Å²) in [6.07, 6.45) is 7.54. The first-order valence-electron chi connectivity index (χ1n) is 11.7. The molecular formula is C26H25FN6O2. The standard InChI is InChI=1S/C26H25FN6O2/c1-15-8-20(27)19(9-23(15)32-11-22(29-14-32)17-12-35-13-17)26(34)31-24-5-3-4-21(30-24)25-28-10-18-7-6-16(2)33(18)25/h3-5,8-11,14,16-17H,6-7,12-13H2,1-2H3,(H,30,31,34)/t16-/m1/s1. The summed E-state index contributed by atoms with van der Waals surface area (Å²) in [6.45, 7) is 5.27. The van der Waals surface area contributed by atoms with Crippen LogP contribution >= 0.6 is 0 Å². The summed E-state index contributed by atoms with van der Waals surface area (Å²) >= 11 is 0. The Morgan fingerprint density at radius 3 is 2.89 bits per heavy atom. The zero-order valence-electron chi connectivity index (χ0n) is 19.5.